The fourth-order valence-electron chi connectivity index (χ4n) is 2.68. The molecule has 0 aliphatic rings. The molecule has 2 N–H and O–H groups in total. The van der Waals surface area contributed by atoms with E-state index >= 15 is 0 Å². The molecule has 2 aromatic carbocycles. The highest BCUT2D eigenvalue weighted by Crippen LogP contribution is 2.25. The van der Waals surface area contributed by atoms with Crippen molar-refractivity contribution in [2.75, 3.05) is 24.5 Å². The number of phenolic OH excluding ortho intramolecular Hbond substituents is 1. The highest BCUT2D eigenvalue weighted by Gasteiger charge is 2.09. The number of aromatic hydroxyl groups is 1. The summed E-state index contributed by atoms with van der Waals surface area (Å²) in [4.78, 5) is 12.5. The summed E-state index contributed by atoms with van der Waals surface area (Å²) in [5.74, 6) is 0.278. The van der Waals surface area contributed by atoms with Gasteiger partial charge >= 0.3 is 0 Å². The molecule has 0 saturated carbocycles. The van der Waals surface area contributed by atoms with E-state index in [0.717, 1.165) is 43.6 Å². The first kappa shape index (κ1) is 22.3. The molecular formula is C23H32N2O2. The fourth-order valence-corrected chi connectivity index (χ4v) is 2.68. The van der Waals surface area contributed by atoms with Crippen LogP contribution in [0.3, 0.4) is 0 Å². The molecule has 2 aromatic rings. The second-order valence-corrected chi connectivity index (χ2v) is 6.36. The summed E-state index contributed by atoms with van der Waals surface area (Å²) in [7, 11) is 0. The molecule has 146 valence electrons. The Hall–Kier alpha value is -2.75. The van der Waals surface area contributed by atoms with Crippen LogP contribution in [0, 0.1) is 6.92 Å². The summed E-state index contributed by atoms with van der Waals surface area (Å²) < 4.78 is 0. The van der Waals surface area contributed by atoms with Gasteiger partial charge in [-0.05, 0) is 37.0 Å². The number of benzene rings is 2. The lowest BCUT2D eigenvalue weighted by Crippen LogP contribution is -2.32. The molecule has 2 rings (SSSR count). The molecular weight excluding hydrogens is 336 g/mol. The predicted octanol–water partition coefficient (Wildman–Crippen LogP) is 4.47. The second kappa shape index (κ2) is 13.5. The van der Waals surface area contributed by atoms with Gasteiger partial charge in [0.1, 0.15) is 5.75 Å². The van der Waals surface area contributed by atoms with Crippen molar-refractivity contribution in [2.24, 2.45) is 0 Å². The molecule has 27 heavy (non-hydrogen) atoms. The molecule has 0 aromatic heterocycles. The molecule has 0 spiro atoms. The van der Waals surface area contributed by atoms with E-state index in [0.29, 0.717) is 13.0 Å². The van der Waals surface area contributed by atoms with Crippen LogP contribution in [0.2, 0.25) is 0 Å². The Morgan fingerprint density at radius 1 is 1.15 bits per heavy atom. The van der Waals surface area contributed by atoms with Crippen molar-refractivity contribution in [3.05, 3.63) is 72.3 Å². The van der Waals surface area contributed by atoms with Gasteiger partial charge in [-0.15, -0.1) is 6.58 Å². The van der Waals surface area contributed by atoms with Gasteiger partial charge < -0.3 is 15.3 Å². The van der Waals surface area contributed by atoms with Gasteiger partial charge in [0.25, 0.3) is 0 Å². The SMILES string of the molecule is C=CCc1ccccc1.CCCCN(CCNC=O)c1cc(O)ccc1C. The minimum Gasteiger partial charge on any atom is -0.508 e. The van der Waals surface area contributed by atoms with Crippen LogP contribution in [0.25, 0.3) is 0 Å². The zero-order valence-electron chi connectivity index (χ0n) is 16.5. The minimum atomic E-state index is 0.278. The number of rotatable bonds is 10. The summed E-state index contributed by atoms with van der Waals surface area (Å²) in [5.41, 5.74) is 3.50. The lowest BCUT2D eigenvalue weighted by atomic mass is 10.1. The number of hydrogen-bond acceptors (Lipinski definition) is 3. The van der Waals surface area contributed by atoms with Gasteiger partial charge in [0.2, 0.25) is 6.41 Å². The third-order valence-electron chi connectivity index (χ3n) is 4.15. The monoisotopic (exact) mass is 368 g/mol. The van der Waals surface area contributed by atoms with E-state index in [2.05, 4.69) is 35.9 Å². The minimum absolute atomic E-state index is 0.278. The van der Waals surface area contributed by atoms with Crippen molar-refractivity contribution in [3.63, 3.8) is 0 Å². The van der Waals surface area contributed by atoms with Crippen molar-refractivity contribution in [1.82, 2.24) is 5.32 Å². The van der Waals surface area contributed by atoms with Crippen molar-refractivity contribution in [1.29, 1.82) is 0 Å². The van der Waals surface area contributed by atoms with Crippen LogP contribution < -0.4 is 10.2 Å². The van der Waals surface area contributed by atoms with Gasteiger partial charge in [-0.1, -0.05) is 55.8 Å². The maximum atomic E-state index is 10.3. The summed E-state index contributed by atoms with van der Waals surface area (Å²) in [6.45, 7) is 10.1. The van der Waals surface area contributed by atoms with Crippen molar-refractivity contribution in [2.45, 2.75) is 33.1 Å². The molecule has 0 aliphatic heterocycles. The predicted molar refractivity (Wildman–Crippen MR) is 114 cm³/mol. The molecule has 0 unspecified atom stereocenters. The van der Waals surface area contributed by atoms with Crippen molar-refractivity contribution in [3.8, 4) is 5.75 Å². The van der Waals surface area contributed by atoms with Gasteiger partial charge in [-0.2, -0.15) is 0 Å². The molecule has 0 bridgehead atoms. The van der Waals surface area contributed by atoms with Crippen molar-refractivity contribution < 1.29 is 9.90 Å². The quantitative estimate of drug-likeness (QED) is 0.370. The molecule has 0 heterocycles. The summed E-state index contributed by atoms with van der Waals surface area (Å²) >= 11 is 0. The largest absolute Gasteiger partial charge is 0.508 e. The summed E-state index contributed by atoms with van der Waals surface area (Å²) in [5, 5.41) is 12.3. The number of carbonyl (C=O) groups is 1. The third kappa shape index (κ3) is 8.95. The Kier molecular flexibility index (Phi) is 11.1. The highest BCUT2D eigenvalue weighted by molar-refractivity contribution is 5.56. The molecule has 0 radical (unpaired) electrons. The van der Waals surface area contributed by atoms with E-state index in [1.807, 2.05) is 37.3 Å². The van der Waals surface area contributed by atoms with Crippen LogP contribution in [0.4, 0.5) is 5.69 Å². The number of hydrogen-bond donors (Lipinski definition) is 2. The first-order valence-electron chi connectivity index (χ1n) is 9.48. The first-order valence-corrected chi connectivity index (χ1v) is 9.48. The van der Waals surface area contributed by atoms with Gasteiger partial charge in [0, 0.05) is 31.4 Å². The molecule has 4 nitrogen and oxygen atoms in total. The average molecular weight is 369 g/mol. The lowest BCUT2D eigenvalue weighted by molar-refractivity contribution is -0.109. The maximum Gasteiger partial charge on any atom is 0.207 e. The van der Waals surface area contributed by atoms with E-state index in [9.17, 15) is 9.90 Å². The van der Waals surface area contributed by atoms with Gasteiger partial charge in [-0.3, -0.25) is 4.79 Å². The van der Waals surface area contributed by atoms with E-state index in [1.54, 1.807) is 12.1 Å². The topological polar surface area (TPSA) is 52.6 Å². The second-order valence-electron chi connectivity index (χ2n) is 6.36. The fraction of sp³-hybridized carbons (Fsp3) is 0.348. The molecule has 0 atom stereocenters. The molecule has 4 heteroatoms. The van der Waals surface area contributed by atoms with Crippen LogP contribution in [0.5, 0.6) is 5.75 Å². The third-order valence-corrected chi connectivity index (χ3v) is 4.15. The number of aryl methyl sites for hydroxylation is 1. The Morgan fingerprint density at radius 2 is 1.89 bits per heavy atom. The van der Waals surface area contributed by atoms with Crippen LogP contribution in [-0.4, -0.2) is 31.2 Å². The Morgan fingerprint density at radius 3 is 2.52 bits per heavy atom. The number of allylic oxidation sites excluding steroid dienone is 1. The van der Waals surface area contributed by atoms with E-state index in [4.69, 9.17) is 0 Å². The van der Waals surface area contributed by atoms with Crippen molar-refractivity contribution >= 4 is 12.1 Å². The van der Waals surface area contributed by atoms with Crippen LogP contribution in [0.1, 0.15) is 30.9 Å². The zero-order chi connectivity index (χ0) is 19.9. The molecule has 0 aliphatic carbocycles. The molecule has 1 amide bonds. The van der Waals surface area contributed by atoms with E-state index < -0.39 is 0 Å². The van der Waals surface area contributed by atoms with Gasteiger partial charge in [0.05, 0.1) is 0 Å². The van der Waals surface area contributed by atoms with Gasteiger partial charge in [-0.25, -0.2) is 0 Å². The average Bonchev–Trinajstić information content (AvgIpc) is 2.68. The smallest absolute Gasteiger partial charge is 0.207 e. The number of unbranched alkanes of at least 4 members (excludes halogenated alkanes) is 1. The number of carbonyl (C=O) groups excluding carboxylic acids is 1. The highest BCUT2D eigenvalue weighted by atomic mass is 16.3. The zero-order valence-corrected chi connectivity index (χ0v) is 16.5. The number of anilines is 1. The van der Waals surface area contributed by atoms with Gasteiger partial charge in [0.15, 0.2) is 0 Å². The number of phenols is 1. The summed E-state index contributed by atoms with van der Waals surface area (Å²) in [6.07, 6.45) is 5.81. The maximum absolute atomic E-state index is 10.3. The lowest BCUT2D eigenvalue weighted by Gasteiger charge is -2.26. The summed E-state index contributed by atoms with van der Waals surface area (Å²) in [6, 6.07) is 15.7. The van der Waals surface area contributed by atoms with Crippen LogP contribution in [0.15, 0.2) is 61.2 Å². The molecule has 0 saturated heterocycles. The Balaban J connectivity index is 0.000000337. The Labute approximate surface area is 163 Å². The first-order chi connectivity index (χ1) is 13.1. The normalized spacial score (nSPS) is 9.70. The number of amides is 1. The number of nitrogens with one attached hydrogen (secondary N) is 1. The van der Waals surface area contributed by atoms with Crippen LogP contribution in [-0.2, 0) is 11.2 Å². The Bertz CT molecular complexity index is 671. The van der Waals surface area contributed by atoms with Crippen LogP contribution >= 0.6 is 0 Å². The van der Waals surface area contributed by atoms with E-state index in [1.165, 1.54) is 5.56 Å². The van der Waals surface area contributed by atoms with E-state index in [-0.39, 0.29) is 5.75 Å². The number of nitrogens with zero attached hydrogens (tertiary/aromatic N) is 1. The molecule has 0 fully saturated rings. The standard InChI is InChI=1S/C14H22N2O2.C9H10/c1-3-4-8-16(9-7-15-11-17)14-10-13(18)6-5-12(14)2;1-2-6-9-7-4-3-5-8-9/h5-6,10-11,18H,3-4,7-9H2,1-2H3,(H,15,17);2-5,7-8H,1,6H2.